The van der Waals surface area contributed by atoms with Crippen LogP contribution in [0.3, 0.4) is 0 Å². The first kappa shape index (κ1) is 8.05. The highest BCUT2D eigenvalue weighted by Crippen LogP contribution is 2.40. The van der Waals surface area contributed by atoms with Crippen molar-refractivity contribution < 1.29 is 0 Å². The lowest BCUT2D eigenvalue weighted by atomic mass is 10.3. The third-order valence-electron chi connectivity index (χ3n) is 2.49. The number of fused-ring (bicyclic) bond motifs is 1. The first-order valence-corrected chi connectivity index (χ1v) is 4.92. The standard InChI is InChI=1S/C9H9ClN4/c10-9-13-7-4-12-3-6(11)8(7)14(9)5-1-2-5/h3-5H,1-2,11H2. The molecule has 3 rings (SSSR count). The number of nitrogen functional groups attached to an aromatic ring is 1. The van der Waals surface area contributed by atoms with Gasteiger partial charge in [0.05, 0.1) is 23.6 Å². The Hall–Kier alpha value is -1.29. The van der Waals surface area contributed by atoms with Crippen LogP contribution in [0.1, 0.15) is 18.9 Å². The number of halogens is 1. The monoisotopic (exact) mass is 208 g/mol. The number of imidazole rings is 1. The van der Waals surface area contributed by atoms with Gasteiger partial charge in [-0.25, -0.2) is 4.98 Å². The third kappa shape index (κ3) is 1.00. The first-order valence-electron chi connectivity index (χ1n) is 4.54. The molecule has 0 aromatic carbocycles. The SMILES string of the molecule is Nc1cncc2nc(Cl)n(C3CC3)c12. The molecule has 2 N–H and O–H groups in total. The normalized spacial score (nSPS) is 16.4. The molecule has 0 radical (unpaired) electrons. The van der Waals surface area contributed by atoms with Crippen molar-refractivity contribution in [3.05, 3.63) is 17.7 Å². The maximum Gasteiger partial charge on any atom is 0.204 e. The number of nitrogens with two attached hydrogens (primary N) is 1. The average molecular weight is 209 g/mol. The summed E-state index contributed by atoms with van der Waals surface area (Å²) >= 11 is 6.04. The van der Waals surface area contributed by atoms with Crippen molar-refractivity contribution in [1.29, 1.82) is 0 Å². The average Bonchev–Trinajstić information content (AvgIpc) is 2.90. The van der Waals surface area contributed by atoms with Crippen LogP contribution < -0.4 is 5.73 Å². The number of hydrogen-bond donors (Lipinski definition) is 1. The van der Waals surface area contributed by atoms with Crippen LogP contribution in [-0.2, 0) is 0 Å². The van der Waals surface area contributed by atoms with E-state index in [0.717, 1.165) is 23.9 Å². The molecule has 1 saturated carbocycles. The predicted octanol–water partition coefficient (Wildman–Crippen LogP) is 2.00. The lowest BCUT2D eigenvalue weighted by molar-refractivity contribution is 0.767. The van der Waals surface area contributed by atoms with Gasteiger partial charge in [-0.15, -0.1) is 0 Å². The topological polar surface area (TPSA) is 56.7 Å². The van der Waals surface area contributed by atoms with Crippen molar-refractivity contribution in [2.75, 3.05) is 5.73 Å². The smallest absolute Gasteiger partial charge is 0.204 e. The van der Waals surface area contributed by atoms with Crippen molar-refractivity contribution in [1.82, 2.24) is 14.5 Å². The van der Waals surface area contributed by atoms with Gasteiger partial charge in [0, 0.05) is 6.04 Å². The molecular formula is C9H9ClN4. The van der Waals surface area contributed by atoms with Crippen molar-refractivity contribution in [2.45, 2.75) is 18.9 Å². The van der Waals surface area contributed by atoms with Gasteiger partial charge in [0.2, 0.25) is 5.28 Å². The Morgan fingerprint density at radius 3 is 2.93 bits per heavy atom. The van der Waals surface area contributed by atoms with Gasteiger partial charge in [0.1, 0.15) is 5.52 Å². The molecule has 0 bridgehead atoms. The van der Waals surface area contributed by atoms with Crippen LogP contribution in [0.25, 0.3) is 11.0 Å². The van der Waals surface area contributed by atoms with E-state index in [0.29, 0.717) is 17.0 Å². The summed E-state index contributed by atoms with van der Waals surface area (Å²) in [7, 11) is 0. The minimum absolute atomic E-state index is 0.484. The fraction of sp³-hybridized carbons (Fsp3) is 0.333. The molecular weight excluding hydrogens is 200 g/mol. The lowest BCUT2D eigenvalue weighted by Crippen LogP contribution is -1.97. The van der Waals surface area contributed by atoms with Gasteiger partial charge in [-0.3, -0.25) is 4.98 Å². The molecule has 0 aliphatic heterocycles. The van der Waals surface area contributed by atoms with Gasteiger partial charge >= 0.3 is 0 Å². The highest BCUT2D eigenvalue weighted by Gasteiger charge is 2.28. The largest absolute Gasteiger partial charge is 0.396 e. The minimum atomic E-state index is 0.484. The molecule has 4 nitrogen and oxygen atoms in total. The van der Waals surface area contributed by atoms with Gasteiger partial charge < -0.3 is 10.3 Å². The van der Waals surface area contributed by atoms with E-state index in [-0.39, 0.29) is 0 Å². The van der Waals surface area contributed by atoms with Gasteiger partial charge in [0.25, 0.3) is 0 Å². The molecule has 1 aliphatic carbocycles. The maximum atomic E-state index is 6.04. The van der Waals surface area contributed by atoms with E-state index >= 15 is 0 Å². The highest BCUT2D eigenvalue weighted by atomic mass is 35.5. The molecule has 0 amide bonds. The summed E-state index contributed by atoms with van der Waals surface area (Å²) in [6.07, 6.45) is 5.65. The molecule has 14 heavy (non-hydrogen) atoms. The highest BCUT2D eigenvalue weighted by molar-refractivity contribution is 6.29. The Kier molecular flexibility index (Phi) is 1.50. The summed E-state index contributed by atoms with van der Waals surface area (Å²) in [6, 6.07) is 0.484. The Labute approximate surface area is 85.7 Å². The molecule has 0 saturated heterocycles. The van der Waals surface area contributed by atoms with E-state index in [9.17, 15) is 0 Å². The second-order valence-electron chi connectivity index (χ2n) is 3.58. The molecule has 1 fully saturated rings. The van der Waals surface area contributed by atoms with Crippen molar-refractivity contribution in [3.63, 3.8) is 0 Å². The van der Waals surface area contributed by atoms with Crippen molar-refractivity contribution in [2.24, 2.45) is 0 Å². The molecule has 2 heterocycles. The minimum Gasteiger partial charge on any atom is -0.396 e. The van der Waals surface area contributed by atoms with Gasteiger partial charge in [0.15, 0.2) is 0 Å². The molecule has 1 aliphatic rings. The Balaban J connectivity index is 2.39. The zero-order valence-electron chi connectivity index (χ0n) is 7.44. The molecule has 2 aromatic heterocycles. The first-order chi connectivity index (χ1) is 6.77. The maximum absolute atomic E-state index is 6.04. The van der Waals surface area contributed by atoms with E-state index in [2.05, 4.69) is 9.97 Å². The molecule has 5 heteroatoms. The number of anilines is 1. The summed E-state index contributed by atoms with van der Waals surface area (Å²) in [6.45, 7) is 0. The summed E-state index contributed by atoms with van der Waals surface area (Å²) in [5.41, 5.74) is 8.20. The summed E-state index contributed by atoms with van der Waals surface area (Å²) in [5.74, 6) is 0. The number of aromatic nitrogens is 3. The quantitative estimate of drug-likeness (QED) is 0.780. The molecule has 0 spiro atoms. The van der Waals surface area contributed by atoms with E-state index in [1.54, 1.807) is 12.4 Å². The molecule has 0 unspecified atom stereocenters. The second-order valence-corrected chi connectivity index (χ2v) is 3.92. The third-order valence-corrected chi connectivity index (χ3v) is 2.76. The Bertz CT molecular complexity index is 501. The number of rotatable bonds is 1. The van der Waals surface area contributed by atoms with E-state index in [1.807, 2.05) is 4.57 Å². The van der Waals surface area contributed by atoms with Crippen LogP contribution >= 0.6 is 11.6 Å². The fourth-order valence-corrected chi connectivity index (χ4v) is 2.03. The van der Waals surface area contributed by atoms with Crippen molar-refractivity contribution >= 4 is 28.3 Å². The number of pyridine rings is 1. The number of nitrogens with zero attached hydrogens (tertiary/aromatic N) is 3. The predicted molar refractivity (Wildman–Crippen MR) is 55.2 cm³/mol. The van der Waals surface area contributed by atoms with Crippen LogP contribution in [0.4, 0.5) is 5.69 Å². The lowest BCUT2D eigenvalue weighted by Gasteiger charge is -2.03. The van der Waals surface area contributed by atoms with E-state index in [4.69, 9.17) is 17.3 Å². The Morgan fingerprint density at radius 2 is 2.21 bits per heavy atom. The zero-order chi connectivity index (χ0) is 9.71. The molecule has 2 aromatic rings. The van der Waals surface area contributed by atoms with Gasteiger partial charge in [-0.1, -0.05) is 0 Å². The van der Waals surface area contributed by atoms with Gasteiger partial charge in [-0.05, 0) is 24.4 Å². The fourth-order valence-electron chi connectivity index (χ4n) is 1.71. The van der Waals surface area contributed by atoms with E-state index < -0.39 is 0 Å². The summed E-state index contributed by atoms with van der Waals surface area (Å²) in [5, 5.41) is 0.516. The van der Waals surface area contributed by atoms with Crippen LogP contribution in [-0.4, -0.2) is 14.5 Å². The second kappa shape index (κ2) is 2.60. The zero-order valence-corrected chi connectivity index (χ0v) is 8.20. The molecule has 0 atom stereocenters. The van der Waals surface area contributed by atoms with Crippen LogP contribution in [0.15, 0.2) is 12.4 Å². The van der Waals surface area contributed by atoms with Crippen molar-refractivity contribution in [3.8, 4) is 0 Å². The molecule has 72 valence electrons. The Morgan fingerprint density at radius 1 is 1.43 bits per heavy atom. The van der Waals surface area contributed by atoms with Crippen LogP contribution in [0.2, 0.25) is 5.28 Å². The van der Waals surface area contributed by atoms with Crippen LogP contribution in [0, 0.1) is 0 Å². The number of hydrogen-bond acceptors (Lipinski definition) is 3. The summed E-state index contributed by atoms with van der Waals surface area (Å²) in [4.78, 5) is 8.21. The van der Waals surface area contributed by atoms with Gasteiger partial charge in [-0.2, -0.15) is 0 Å². The van der Waals surface area contributed by atoms with E-state index in [1.165, 1.54) is 0 Å². The summed E-state index contributed by atoms with van der Waals surface area (Å²) < 4.78 is 2.01. The van der Waals surface area contributed by atoms with Crippen LogP contribution in [0.5, 0.6) is 0 Å².